The van der Waals surface area contributed by atoms with Gasteiger partial charge in [0.1, 0.15) is 0 Å². The minimum Gasteiger partial charge on any atom is -0.351 e. The molecule has 0 aliphatic carbocycles. The van der Waals surface area contributed by atoms with Gasteiger partial charge in [0.15, 0.2) is 0 Å². The minimum absolute atomic E-state index is 0.0510. The van der Waals surface area contributed by atoms with Crippen LogP contribution in [0.15, 0.2) is 12.1 Å². The highest BCUT2D eigenvalue weighted by molar-refractivity contribution is 7.14. The number of amides is 2. The fourth-order valence-corrected chi connectivity index (χ4v) is 3.64. The quantitative estimate of drug-likeness (QED) is 0.840. The number of piperidine rings is 1. The number of hydrogen-bond donors (Lipinski definition) is 2. The van der Waals surface area contributed by atoms with E-state index in [4.69, 9.17) is 0 Å². The average molecular weight is 323 g/mol. The Morgan fingerprint density at radius 1 is 1.32 bits per heavy atom. The van der Waals surface area contributed by atoms with E-state index < -0.39 is 0 Å². The van der Waals surface area contributed by atoms with E-state index in [1.807, 2.05) is 24.1 Å². The zero-order valence-electron chi connectivity index (χ0n) is 13.4. The molecule has 22 heavy (non-hydrogen) atoms. The molecule has 0 saturated carbocycles. The second kappa shape index (κ2) is 8.29. The molecule has 122 valence electrons. The van der Waals surface area contributed by atoms with Crippen LogP contribution in [0.3, 0.4) is 0 Å². The molecule has 1 aliphatic rings. The fraction of sp³-hybridized carbons (Fsp3) is 0.625. The standard InChI is InChI=1S/C16H25N3O2S/c1-12(20)18-11-14-3-4-15(22-14)16(21)19-9-6-13(7-10-19)5-8-17-2/h3-4,13,17H,5-11H2,1-2H3,(H,18,20). The van der Waals surface area contributed by atoms with E-state index in [2.05, 4.69) is 10.6 Å². The number of rotatable bonds is 6. The van der Waals surface area contributed by atoms with Gasteiger partial charge in [0.25, 0.3) is 5.91 Å². The summed E-state index contributed by atoms with van der Waals surface area (Å²) in [5.74, 6) is 0.811. The van der Waals surface area contributed by atoms with Crippen LogP contribution in [0.25, 0.3) is 0 Å². The Balaban J connectivity index is 1.83. The minimum atomic E-state index is -0.0510. The van der Waals surface area contributed by atoms with Crippen molar-refractivity contribution in [3.63, 3.8) is 0 Å². The lowest BCUT2D eigenvalue weighted by Gasteiger charge is -2.31. The van der Waals surface area contributed by atoms with Crippen molar-refractivity contribution in [2.45, 2.75) is 32.7 Å². The van der Waals surface area contributed by atoms with E-state index in [9.17, 15) is 9.59 Å². The highest BCUT2D eigenvalue weighted by Crippen LogP contribution is 2.24. The first-order valence-electron chi connectivity index (χ1n) is 7.87. The van der Waals surface area contributed by atoms with Crippen molar-refractivity contribution in [3.05, 3.63) is 21.9 Å². The Morgan fingerprint density at radius 3 is 2.68 bits per heavy atom. The number of nitrogens with one attached hydrogen (secondary N) is 2. The van der Waals surface area contributed by atoms with Gasteiger partial charge < -0.3 is 15.5 Å². The number of likely N-dealkylation sites (tertiary alicyclic amines) is 1. The van der Waals surface area contributed by atoms with Crippen molar-refractivity contribution in [2.24, 2.45) is 5.92 Å². The molecule has 2 rings (SSSR count). The molecule has 2 amide bonds. The number of hydrogen-bond acceptors (Lipinski definition) is 4. The summed E-state index contributed by atoms with van der Waals surface area (Å²) < 4.78 is 0. The van der Waals surface area contributed by atoms with Crippen LogP contribution < -0.4 is 10.6 Å². The molecule has 0 unspecified atom stereocenters. The molecule has 1 saturated heterocycles. The van der Waals surface area contributed by atoms with Gasteiger partial charge in [-0.2, -0.15) is 0 Å². The first-order chi connectivity index (χ1) is 10.6. The summed E-state index contributed by atoms with van der Waals surface area (Å²) in [6.45, 7) is 4.76. The second-order valence-corrected chi connectivity index (χ2v) is 6.97. The van der Waals surface area contributed by atoms with Gasteiger partial charge in [-0.1, -0.05) is 0 Å². The molecule has 0 aromatic carbocycles. The zero-order valence-corrected chi connectivity index (χ0v) is 14.2. The van der Waals surface area contributed by atoms with E-state index >= 15 is 0 Å². The van der Waals surface area contributed by atoms with E-state index in [0.29, 0.717) is 6.54 Å². The number of carbonyl (C=O) groups excluding carboxylic acids is 2. The summed E-state index contributed by atoms with van der Waals surface area (Å²) in [5.41, 5.74) is 0. The third-order valence-electron chi connectivity index (χ3n) is 4.09. The Labute approximate surface area is 136 Å². The molecule has 0 atom stereocenters. The molecule has 2 N–H and O–H groups in total. The first kappa shape index (κ1) is 17.0. The maximum atomic E-state index is 12.5. The van der Waals surface area contributed by atoms with E-state index in [0.717, 1.165) is 48.1 Å². The van der Waals surface area contributed by atoms with Crippen molar-refractivity contribution in [1.29, 1.82) is 0 Å². The lowest BCUT2D eigenvalue weighted by Crippen LogP contribution is -2.38. The Kier molecular flexibility index (Phi) is 6.39. The number of carbonyl (C=O) groups is 2. The predicted molar refractivity (Wildman–Crippen MR) is 89.0 cm³/mol. The highest BCUT2D eigenvalue weighted by Gasteiger charge is 2.24. The van der Waals surface area contributed by atoms with Crippen molar-refractivity contribution < 1.29 is 9.59 Å². The maximum Gasteiger partial charge on any atom is 0.263 e. The third kappa shape index (κ3) is 4.81. The highest BCUT2D eigenvalue weighted by atomic mass is 32.1. The van der Waals surface area contributed by atoms with Gasteiger partial charge in [-0.25, -0.2) is 0 Å². The summed E-state index contributed by atoms with van der Waals surface area (Å²) in [7, 11) is 1.98. The Bertz CT molecular complexity index is 507. The van der Waals surface area contributed by atoms with Crippen LogP contribution in [0.5, 0.6) is 0 Å². The van der Waals surface area contributed by atoms with Crippen LogP contribution in [0.2, 0.25) is 0 Å². The lowest BCUT2D eigenvalue weighted by molar-refractivity contribution is -0.119. The summed E-state index contributed by atoms with van der Waals surface area (Å²) >= 11 is 1.48. The van der Waals surface area contributed by atoms with Crippen LogP contribution in [0.4, 0.5) is 0 Å². The monoisotopic (exact) mass is 323 g/mol. The van der Waals surface area contributed by atoms with E-state index in [1.165, 1.54) is 24.7 Å². The van der Waals surface area contributed by atoms with Crippen LogP contribution in [-0.2, 0) is 11.3 Å². The summed E-state index contributed by atoms with van der Waals surface area (Å²) in [4.78, 5) is 27.2. The molecule has 5 nitrogen and oxygen atoms in total. The van der Waals surface area contributed by atoms with Gasteiger partial charge in [-0.15, -0.1) is 11.3 Å². The van der Waals surface area contributed by atoms with Gasteiger partial charge in [0, 0.05) is 24.9 Å². The van der Waals surface area contributed by atoms with Crippen molar-refractivity contribution in [3.8, 4) is 0 Å². The molecule has 1 aromatic heterocycles. The Morgan fingerprint density at radius 2 is 2.05 bits per heavy atom. The maximum absolute atomic E-state index is 12.5. The molecule has 0 bridgehead atoms. The molecular formula is C16H25N3O2S. The summed E-state index contributed by atoms with van der Waals surface area (Å²) in [6, 6.07) is 3.80. The van der Waals surface area contributed by atoms with Crippen molar-refractivity contribution >= 4 is 23.2 Å². The lowest BCUT2D eigenvalue weighted by atomic mass is 9.93. The van der Waals surface area contributed by atoms with Crippen molar-refractivity contribution in [2.75, 3.05) is 26.7 Å². The number of thiophene rings is 1. The largest absolute Gasteiger partial charge is 0.351 e. The predicted octanol–water partition coefficient (Wildman–Crippen LogP) is 1.85. The van der Waals surface area contributed by atoms with E-state index in [1.54, 1.807) is 0 Å². The molecule has 6 heteroatoms. The smallest absolute Gasteiger partial charge is 0.263 e. The second-order valence-electron chi connectivity index (χ2n) is 5.80. The van der Waals surface area contributed by atoms with Gasteiger partial charge in [-0.05, 0) is 50.9 Å². The fourth-order valence-electron chi connectivity index (χ4n) is 2.73. The van der Waals surface area contributed by atoms with Gasteiger partial charge in [0.2, 0.25) is 5.91 Å². The van der Waals surface area contributed by atoms with Gasteiger partial charge >= 0.3 is 0 Å². The third-order valence-corrected chi connectivity index (χ3v) is 5.16. The van der Waals surface area contributed by atoms with Crippen LogP contribution >= 0.6 is 11.3 Å². The summed E-state index contributed by atoms with van der Waals surface area (Å²) in [6.07, 6.45) is 3.38. The summed E-state index contributed by atoms with van der Waals surface area (Å²) in [5, 5.41) is 5.95. The Hall–Kier alpha value is -1.40. The molecular weight excluding hydrogens is 298 g/mol. The zero-order chi connectivity index (χ0) is 15.9. The van der Waals surface area contributed by atoms with Crippen LogP contribution in [0, 0.1) is 5.92 Å². The topological polar surface area (TPSA) is 61.4 Å². The van der Waals surface area contributed by atoms with Crippen LogP contribution in [-0.4, -0.2) is 43.4 Å². The van der Waals surface area contributed by atoms with E-state index in [-0.39, 0.29) is 11.8 Å². The van der Waals surface area contributed by atoms with Gasteiger partial charge in [-0.3, -0.25) is 9.59 Å². The van der Waals surface area contributed by atoms with Crippen LogP contribution in [0.1, 0.15) is 40.7 Å². The van der Waals surface area contributed by atoms with Gasteiger partial charge in [0.05, 0.1) is 11.4 Å². The molecule has 2 heterocycles. The molecule has 0 radical (unpaired) electrons. The molecule has 0 spiro atoms. The normalized spacial score (nSPS) is 15.8. The molecule has 1 aromatic rings. The number of nitrogens with zero attached hydrogens (tertiary/aromatic N) is 1. The molecule has 1 aliphatic heterocycles. The average Bonchev–Trinajstić information content (AvgIpc) is 2.99. The molecule has 1 fully saturated rings. The first-order valence-corrected chi connectivity index (χ1v) is 8.69. The SMILES string of the molecule is CNCCC1CCN(C(=O)c2ccc(CNC(C)=O)s2)CC1. The van der Waals surface area contributed by atoms with Crippen molar-refractivity contribution in [1.82, 2.24) is 15.5 Å².